The summed E-state index contributed by atoms with van der Waals surface area (Å²) in [5, 5.41) is 13.5. The lowest BCUT2D eigenvalue weighted by atomic mass is 10.1. The summed E-state index contributed by atoms with van der Waals surface area (Å²) in [5.74, 6) is -0.196. The van der Waals surface area contributed by atoms with Crippen molar-refractivity contribution in [3.8, 4) is 17.2 Å². The first-order chi connectivity index (χ1) is 19.8. The van der Waals surface area contributed by atoms with Crippen molar-refractivity contribution in [2.24, 2.45) is 5.10 Å². The van der Waals surface area contributed by atoms with E-state index < -0.39 is 11.9 Å². The van der Waals surface area contributed by atoms with Gasteiger partial charge < -0.3 is 19.3 Å². The average Bonchev–Trinajstić information content (AvgIpc) is 2.97. The number of hydrazone groups is 1. The van der Waals surface area contributed by atoms with E-state index in [0.717, 1.165) is 11.1 Å². The van der Waals surface area contributed by atoms with Crippen LogP contribution in [-0.2, 0) is 13.2 Å². The Bertz CT molecular complexity index is 1520. The zero-order valence-corrected chi connectivity index (χ0v) is 23.5. The quantitative estimate of drug-likeness (QED) is 0.135. The van der Waals surface area contributed by atoms with Gasteiger partial charge >= 0.3 is 5.97 Å². The summed E-state index contributed by atoms with van der Waals surface area (Å²) in [4.78, 5) is 23.7. The molecule has 4 aromatic rings. The number of aromatic carboxylic acids is 1. The maximum atomic E-state index is 12.7. The second kappa shape index (κ2) is 14.2. The lowest BCUT2D eigenvalue weighted by molar-refractivity contribution is 0.0696. The molecule has 0 aliphatic carbocycles. The Labute approximate surface area is 247 Å². The molecule has 0 bridgehead atoms. The van der Waals surface area contributed by atoms with Crippen LogP contribution in [0, 0.1) is 0 Å². The van der Waals surface area contributed by atoms with Crippen LogP contribution in [0.25, 0.3) is 0 Å². The summed E-state index contributed by atoms with van der Waals surface area (Å²) >= 11 is 12.7. The average molecular weight is 593 g/mol. The number of carbonyl (C=O) groups is 2. The lowest BCUT2D eigenvalue weighted by Gasteiger charge is -2.13. The SMILES string of the molecule is CCOc1cc(C(=O)N/N=C/c2cc(Cl)c(OCc3ccc(C(=O)O)cc3)c(Cl)c2)ccc1OCc1ccccc1. The molecule has 0 unspecified atom stereocenters. The van der Waals surface area contributed by atoms with E-state index in [1.54, 1.807) is 42.5 Å². The molecule has 0 saturated carbocycles. The van der Waals surface area contributed by atoms with E-state index in [2.05, 4.69) is 10.5 Å². The number of carbonyl (C=O) groups excluding carboxylic acids is 1. The normalized spacial score (nSPS) is 10.8. The van der Waals surface area contributed by atoms with Crippen LogP contribution in [0.1, 0.15) is 44.3 Å². The van der Waals surface area contributed by atoms with Crippen LogP contribution in [0.2, 0.25) is 10.0 Å². The van der Waals surface area contributed by atoms with Crippen molar-refractivity contribution in [1.29, 1.82) is 0 Å². The zero-order valence-electron chi connectivity index (χ0n) is 22.0. The van der Waals surface area contributed by atoms with Gasteiger partial charge in [0.2, 0.25) is 0 Å². The monoisotopic (exact) mass is 592 g/mol. The minimum atomic E-state index is -1.01. The molecule has 2 N–H and O–H groups in total. The number of carboxylic acids is 1. The number of rotatable bonds is 12. The van der Waals surface area contributed by atoms with Crippen molar-refractivity contribution < 1.29 is 28.9 Å². The molecule has 10 heteroatoms. The lowest BCUT2D eigenvalue weighted by Crippen LogP contribution is -2.17. The van der Waals surface area contributed by atoms with Gasteiger partial charge in [0, 0.05) is 5.56 Å². The fourth-order valence-corrected chi connectivity index (χ4v) is 4.31. The van der Waals surface area contributed by atoms with Crippen LogP contribution < -0.4 is 19.6 Å². The molecule has 1 amide bonds. The molecule has 0 spiro atoms. The van der Waals surface area contributed by atoms with Gasteiger partial charge in [-0.25, -0.2) is 10.2 Å². The third kappa shape index (κ3) is 8.23. The number of hydrogen-bond donors (Lipinski definition) is 2. The third-order valence-electron chi connectivity index (χ3n) is 5.73. The van der Waals surface area contributed by atoms with Gasteiger partial charge in [-0.1, -0.05) is 65.7 Å². The molecule has 210 valence electrons. The van der Waals surface area contributed by atoms with Gasteiger partial charge in [0.05, 0.1) is 28.4 Å². The predicted molar refractivity (Wildman–Crippen MR) is 158 cm³/mol. The maximum Gasteiger partial charge on any atom is 0.335 e. The Kier molecular flexibility index (Phi) is 10.2. The van der Waals surface area contributed by atoms with Gasteiger partial charge in [-0.15, -0.1) is 0 Å². The standard InChI is InChI=1S/C31H26Cl2N2O6/c1-2-39-28-16-24(12-13-27(28)40-18-20-6-4-3-5-7-20)30(36)35-34-17-22-14-25(32)29(26(33)15-22)41-19-21-8-10-23(11-9-21)31(37)38/h3-17H,2,18-19H2,1H3,(H,35,36)(H,37,38)/b34-17+. The zero-order chi connectivity index (χ0) is 29.2. The van der Waals surface area contributed by atoms with E-state index in [-0.39, 0.29) is 28.0 Å². The molecule has 0 aliphatic rings. The van der Waals surface area contributed by atoms with E-state index in [0.29, 0.717) is 35.8 Å². The molecule has 0 aliphatic heterocycles. The fourth-order valence-electron chi connectivity index (χ4n) is 3.69. The summed E-state index contributed by atoms with van der Waals surface area (Å²) in [6.45, 7) is 2.76. The van der Waals surface area contributed by atoms with Gasteiger partial charge in [-0.05, 0) is 66.1 Å². The first-order valence-corrected chi connectivity index (χ1v) is 13.3. The number of halogens is 2. The molecule has 0 atom stereocenters. The van der Waals surface area contributed by atoms with Crippen LogP contribution in [0.3, 0.4) is 0 Å². The highest BCUT2D eigenvalue weighted by Crippen LogP contribution is 2.34. The topological polar surface area (TPSA) is 106 Å². The summed E-state index contributed by atoms with van der Waals surface area (Å²) in [5.41, 5.74) is 5.30. The highest BCUT2D eigenvalue weighted by atomic mass is 35.5. The second-order valence-electron chi connectivity index (χ2n) is 8.67. The maximum absolute atomic E-state index is 12.7. The molecule has 4 rings (SSSR count). The van der Waals surface area contributed by atoms with Crippen LogP contribution in [0.15, 0.2) is 90.0 Å². The molecule has 0 aromatic heterocycles. The predicted octanol–water partition coefficient (Wildman–Crippen LogP) is 7.01. The number of ether oxygens (including phenoxy) is 3. The van der Waals surface area contributed by atoms with Gasteiger partial charge in [0.1, 0.15) is 13.2 Å². The molecule has 0 saturated heterocycles. The van der Waals surface area contributed by atoms with Gasteiger partial charge in [0.25, 0.3) is 5.91 Å². The summed E-state index contributed by atoms with van der Waals surface area (Å²) in [7, 11) is 0. The molecule has 0 heterocycles. The Balaban J connectivity index is 1.36. The highest BCUT2D eigenvalue weighted by Gasteiger charge is 2.13. The van der Waals surface area contributed by atoms with E-state index in [1.165, 1.54) is 18.3 Å². The first kappa shape index (κ1) is 29.5. The Morgan fingerprint density at radius 3 is 2.10 bits per heavy atom. The Hall–Kier alpha value is -4.53. The second-order valence-corrected chi connectivity index (χ2v) is 9.49. The summed E-state index contributed by atoms with van der Waals surface area (Å²) in [6.07, 6.45) is 1.41. The summed E-state index contributed by atoms with van der Waals surface area (Å²) < 4.78 is 17.3. The smallest absolute Gasteiger partial charge is 0.335 e. The summed E-state index contributed by atoms with van der Waals surface area (Å²) in [6, 6.07) is 24.1. The van der Waals surface area contributed by atoms with Crippen molar-refractivity contribution in [3.05, 3.63) is 123 Å². The van der Waals surface area contributed by atoms with E-state index in [1.807, 2.05) is 37.3 Å². The van der Waals surface area contributed by atoms with Crippen molar-refractivity contribution in [3.63, 3.8) is 0 Å². The Morgan fingerprint density at radius 1 is 0.805 bits per heavy atom. The molecule has 8 nitrogen and oxygen atoms in total. The molecular formula is C31H26Cl2N2O6. The fraction of sp³-hybridized carbons (Fsp3) is 0.129. The molecule has 0 radical (unpaired) electrons. The van der Waals surface area contributed by atoms with Gasteiger partial charge in [0.15, 0.2) is 17.2 Å². The number of benzene rings is 4. The number of carboxylic acid groups (broad SMARTS) is 1. The number of hydrogen-bond acceptors (Lipinski definition) is 6. The van der Waals surface area contributed by atoms with E-state index >= 15 is 0 Å². The minimum absolute atomic E-state index is 0.142. The van der Waals surface area contributed by atoms with Gasteiger partial charge in [-0.3, -0.25) is 4.79 Å². The van der Waals surface area contributed by atoms with Crippen LogP contribution >= 0.6 is 23.2 Å². The minimum Gasteiger partial charge on any atom is -0.490 e. The van der Waals surface area contributed by atoms with Crippen LogP contribution in [-0.4, -0.2) is 29.8 Å². The van der Waals surface area contributed by atoms with Crippen molar-refractivity contribution in [2.45, 2.75) is 20.1 Å². The van der Waals surface area contributed by atoms with Gasteiger partial charge in [-0.2, -0.15) is 5.10 Å². The number of nitrogens with one attached hydrogen (secondary N) is 1. The molecular weight excluding hydrogens is 567 g/mol. The Morgan fingerprint density at radius 2 is 1.44 bits per heavy atom. The third-order valence-corrected chi connectivity index (χ3v) is 6.29. The molecule has 41 heavy (non-hydrogen) atoms. The number of nitrogens with zero attached hydrogens (tertiary/aromatic N) is 1. The highest BCUT2D eigenvalue weighted by molar-refractivity contribution is 6.37. The van der Waals surface area contributed by atoms with Crippen LogP contribution in [0.5, 0.6) is 17.2 Å². The molecule has 0 fully saturated rings. The van der Waals surface area contributed by atoms with E-state index in [4.69, 9.17) is 42.5 Å². The van der Waals surface area contributed by atoms with Crippen molar-refractivity contribution >= 4 is 41.3 Å². The van der Waals surface area contributed by atoms with Crippen molar-refractivity contribution in [1.82, 2.24) is 5.43 Å². The largest absolute Gasteiger partial charge is 0.490 e. The first-order valence-electron chi connectivity index (χ1n) is 12.5. The van der Waals surface area contributed by atoms with Crippen LogP contribution in [0.4, 0.5) is 0 Å². The van der Waals surface area contributed by atoms with E-state index in [9.17, 15) is 9.59 Å². The number of amides is 1. The molecule has 4 aromatic carbocycles. The van der Waals surface area contributed by atoms with Crippen molar-refractivity contribution in [2.75, 3.05) is 6.61 Å².